The first-order valence-electron chi connectivity index (χ1n) is 6.83. The molecular weight excluding hydrogens is 298 g/mol. The van der Waals surface area contributed by atoms with E-state index in [1.807, 2.05) is 0 Å². The maximum absolute atomic E-state index is 5.59. The standard InChI is InChI=1S/C13H26BrNO3/c1-16-9-10-18-12-11-17-8-7-15(6-5-14)13-3-2-4-13/h13H,2-12H2,1H3. The largest absolute Gasteiger partial charge is 0.382 e. The molecule has 1 rings (SSSR count). The van der Waals surface area contributed by atoms with E-state index in [1.165, 1.54) is 19.3 Å². The summed E-state index contributed by atoms with van der Waals surface area (Å²) in [4.78, 5) is 2.53. The van der Waals surface area contributed by atoms with Crippen LogP contribution in [0.25, 0.3) is 0 Å². The lowest BCUT2D eigenvalue weighted by molar-refractivity contribution is 0.0133. The van der Waals surface area contributed by atoms with Crippen molar-refractivity contribution >= 4 is 15.9 Å². The Balaban J connectivity index is 1.91. The van der Waals surface area contributed by atoms with E-state index in [0.29, 0.717) is 26.4 Å². The molecule has 0 aliphatic heterocycles. The van der Waals surface area contributed by atoms with Gasteiger partial charge in [-0.25, -0.2) is 0 Å². The zero-order valence-electron chi connectivity index (χ0n) is 11.4. The third-order valence-corrected chi connectivity index (χ3v) is 3.64. The van der Waals surface area contributed by atoms with Crippen LogP contribution in [0.1, 0.15) is 19.3 Å². The second-order valence-corrected chi connectivity index (χ2v) is 5.32. The van der Waals surface area contributed by atoms with Gasteiger partial charge in [0.25, 0.3) is 0 Å². The van der Waals surface area contributed by atoms with Crippen LogP contribution < -0.4 is 0 Å². The lowest BCUT2D eigenvalue weighted by atomic mass is 9.91. The third kappa shape index (κ3) is 7.04. The fourth-order valence-corrected chi connectivity index (χ4v) is 2.44. The summed E-state index contributed by atoms with van der Waals surface area (Å²) in [7, 11) is 1.68. The lowest BCUT2D eigenvalue weighted by Crippen LogP contribution is -2.43. The molecule has 0 heterocycles. The minimum Gasteiger partial charge on any atom is -0.382 e. The van der Waals surface area contributed by atoms with Crippen LogP contribution in [0, 0.1) is 0 Å². The van der Waals surface area contributed by atoms with Gasteiger partial charge in [-0.15, -0.1) is 0 Å². The molecular formula is C13H26BrNO3. The number of nitrogens with zero attached hydrogens (tertiary/aromatic N) is 1. The van der Waals surface area contributed by atoms with Crippen LogP contribution in [0.15, 0.2) is 0 Å². The molecule has 1 saturated carbocycles. The van der Waals surface area contributed by atoms with Crippen molar-refractivity contribution in [2.24, 2.45) is 0 Å². The Morgan fingerprint density at radius 2 is 1.67 bits per heavy atom. The Hall–Kier alpha value is 0.320. The molecule has 0 radical (unpaired) electrons. The van der Waals surface area contributed by atoms with Crippen molar-refractivity contribution in [1.29, 1.82) is 0 Å². The van der Waals surface area contributed by atoms with Gasteiger partial charge in [-0.1, -0.05) is 22.4 Å². The van der Waals surface area contributed by atoms with E-state index in [4.69, 9.17) is 14.2 Å². The molecule has 5 heteroatoms. The Bertz CT molecular complexity index is 191. The Morgan fingerprint density at radius 3 is 2.22 bits per heavy atom. The maximum Gasteiger partial charge on any atom is 0.0701 e. The SMILES string of the molecule is COCCOCCOCCN(CCBr)C1CCC1. The van der Waals surface area contributed by atoms with Gasteiger partial charge in [0.15, 0.2) is 0 Å². The van der Waals surface area contributed by atoms with Crippen molar-refractivity contribution in [2.45, 2.75) is 25.3 Å². The molecule has 1 aliphatic carbocycles. The fourth-order valence-electron chi connectivity index (χ4n) is 1.98. The van der Waals surface area contributed by atoms with Gasteiger partial charge in [0.2, 0.25) is 0 Å². The predicted molar refractivity (Wildman–Crippen MR) is 76.5 cm³/mol. The molecule has 1 aliphatic rings. The van der Waals surface area contributed by atoms with Gasteiger partial charge in [-0.2, -0.15) is 0 Å². The molecule has 0 aromatic heterocycles. The Kier molecular flexibility index (Phi) is 10.2. The summed E-state index contributed by atoms with van der Waals surface area (Å²) in [5.74, 6) is 0. The zero-order chi connectivity index (χ0) is 13.1. The van der Waals surface area contributed by atoms with E-state index < -0.39 is 0 Å². The number of halogens is 1. The summed E-state index contributed by atoms with van der Waals surface area (Å²) in [5.41, 5.74) is 0. The second kappa shape index (κ2) is 11.2. The lowest BCUT2D eigenvalue weighted by Gasteiger charge is -2.37. The Morgan fingerprint density at radius 1 is 1.00 bits per heavy atom. The minimum absolute atomic E-state index is 0.650. The highest BCUT2D eigenvalue weighted by Gasteiger charge is 2.23. The van der Waals surface area contributed by atoms with Gasteiger partial charge in [0, 0.05) is 31.6 Å². The molecule has 0 N–H and O–H groups in total. The molecule has 0 aromatic carbocycles. The number of ether oxygens (including phenoxy) is 3. The molecule has 0 aromatic rings. The van der Waals surface area contributed by atoms with E-state index in [0.717, 1.165) is 31.1 Å². The van der Waals surface area contributed by atoms with Crippen LogP contribution in [0.3, 0.4) is 0 Å². The molecule has 0 saturated heterocycles. The summed E-state index contributed by atoms with van der Waals surface area (Å²) in [6, 6.07) is 0.795. The van der Waals surface area contributed by atoms with Gasteiger partial charge < -0.3 is 14.2 Å². The quantitative estimate of drug-likeness (QED) is 0.405. The first kappa shape index (κ1) is 16.4. The van der Waals surface area contributed by atoms with E-state index >= 15 is 0 Å². The molecule has 0 unspecified atom stereocenters. The Labute approximate surface area is 119 Å². The van der Waals surface area contributed by atoms with Crippen LogP contribution in [0.5, 0.6) is 0 Å². The van der Waals surface area contributed by atoms with Crippen molar-refractivity contribution in [2.75, 3.05) is 58.6 Å². The van der Waals surface area contributed by atoms with Crippen LogP contribution in [-0.2, 0) is 14.2 Å². The van der Waals surface area contributed by atoms with Crippen LogP contribution in [0.4, 0.5) is 0 Å². The average molecular weight is 324 g/mol. The van der Waals surface area contributed by atoms with Gasteiger partial charge in [-0.3, -0.25) is 4.90 Å². The van der Waals surface area contributed by atoms with Crippen molar-refractivity contribution in [1.82, 2.24) is 4.90 Å². The van der Waals surface area contributed by atoms with E-state index in [2.05, 4.69) is 20.8 Å². The molecule has 1 fully saturated rings. The maximum atomic E-state index is 5.59. The van der Waals surface area contributed by atoms with Crippen molar-refractivity contribution in [3.05, 3.63) is 0 Å². The highest BCUT2D eigenvalue weighted by Crippen LogP contribution is 2.24. The zero-order valence-corrected chi connectivity index (χ0v) is 13.0. The summed E-state index contributed by atoms with van der Waals surface area (Å²) >= 11 is 3.52. The van der Waals surface area contributed by atoms with Crippen LogP contribution in [0.2, 0.25) is 0 Å². The second-order valence-electron chi connectivity index (χ2n) is 4.53. The molecule has 4 nitrogen and oxygen atoms in total. The summed E-state index contributed by atoms with van der Waals surface area (Å²) < 4.78 is 15.8. The summed E-state index contributed by atoms with van der Waals surface area (Å²) in [6.07, 6.45) is 4.10. The van der Waals surface area contributed by atoms with Gasteiger partial charge in [0.05, 0.1) is 33.0 Å². The highest BCUT2D eigenvalue weighted by molar-refractivity contribution is 9.09. The average Bonchev–Trinajstić information content (AvgIpc) is 2.30. The number of alkyl halides is 1. The highest BCUT2D eigenvalue weighted by atomic mass is 79.9. The van der Waals surface area contributed by atoms with Gasteiger partial charge >= 0.3 is 0 Å². The number of methoxy groups -OCH3 is 1. The smallest absolute Gasteiger partial charge is 0.0701 e. The van der Waals surface area contributed by atoms with E-state index in [1.54, 1.807) is 7.11 Å². The number of rotatable bonds is 12. The molecule has 0 bridgehead atoms. The number of hydrogen-bond donors (Lipinski definition) is 0. The molecule has 108 valence electrons. The minimum atomic E-state index is 0.650. The van der Waals surface area contributed by atoms with Gasteiger partial charge in [0.1, 0.15) is 0 Å². The number of hydrogen-bond acceptors (Lipinski definition) is 4. The summed E-state index contributed by atoms with van der Waals surface area (Å²) in [6.45, 7) is 5.60. The first-order chi connectivity index (χ1) is 8.88. The molecule has 0 amide bonds. The third-order valence-electron chi connectivity index (χ3n) is 3.29. The molecule has 18 heavy (non-hydrogen) atoms. The molecule has 0 atom stereocenters. The molecule has 0 spiro atoms. The van der Waals surface area contributed by atoms with E-state index in [9.17, 15) is 0 Å². The first-order valence-corrected chi connectivity index (χ1v) is 7.95. The van der Waals surface area contributed by atoms with Crippen LogP contribution >= 0.6 is 15.9 Å². The topological polar surface area (TPSA) is 30.9 Å². The summed E-state index contributed by atoms with van der Waals surface area (Å²) in [5, 5.41) is 1.05. The van der Waals surface area contributed by atoms with Crippen molar-refractivity contribution < 1.29 is 14.2 Å². The van der Waals surface area contributed by atoms with E-state index in [-0.39, 0.29) is 0 Å². The van der Waals surface area contributed by atoms with Crippen molar-refractivity contribution in [3.63, 3.8) is 0 Å². The predicted octanol–water partition coefficient (Wildman–Crippen LogP) is 1.92. The normalized spacial score (nSPS) is 16.2. The van der Waals surface area contributed by atoms with Crippen LogP contribution in [-0.4, -0.2) is 69.5 Å². The fraction of sp³-hybridized carbons (Fsp3) is 1.00. The van der Waals surface area contributed by atoms with Gasteiger partial charge in [-0.05, 0) is 12.8 Å². The monoisotopic (exact) mass is 323 g/mol. The van der Waals surface area contributed by atoms with Crippen molar-refractivity contribution in [3.8, 4) is 0 Å².